The van der Waals surface area contributed by atoms with Gasteiger partial charge in [0.2, 0.25) is 0 Å². The normalized spacial score (nSPS) is 27.9. The first-order valence-electron chi connectivity index (χ1n) is 26.2. The molecule has 0 aromatic rings. The van der Waals surface area contributed by atoms with E-state index in [1.165, 1.54) is 64.2 Å². The van der Waals surface area contributed by atoms with Crippen LogP contribution in [0.25, 0.3) is 0 Å². The van der Waals surface area contributed by atoms with Crippen molar-refractivity contribution in [2.75, 3.05) is 39.6 Å². The molecular formula is C52H92N4O12. The Morgan fingerprint density at radius 3 is 1.07 bits per heavy atom. The van der Waals surface area contributed by atoms with Crippen LogP contribution in [0.2, 0.25) is 0 Å². The second kappa shape index (κ2) is 34.7. The first-order valence-corrected chi connectivity index (χ1v) is 26.2. The van der Waals surface area contributed by atoms with E-state index in [-0.39, 0.29) is 51.4 Å². The second-order valence-corrected chi connectivity index (χ2v) is 19.4. The number of esters is 6. The van der Waals surface area contributed by atoms with E-state index in [1.807, 2.05) is 0 Å². The standard InChI is InChI=1S/C31H54N2O8.C13H26N2.C8H12O4/c1-7-38-28(34)18-26(30(36)40-9-3)32-24-13-11-22(15-20(24)5)17-23-12-14-25(21(6)16-23)33-27(31(37)41-10-4)19-29(35)39-8-2;14-12-5-1-10(2-6-12)9-11-3-7-13(15)8-4-11;1-3-11-7(9)5-6-8(10)12-4-2/h20-27,32-33H,7-19H2,1-6H3;10-13H,1-9,14-15H2;5-6H,3-4H2,1-2H3/b;;6-5-. The van der Waals surface area contributed by atoms with Crippen LogP contribution in [0.3, 0.4) is 0 Å². The SMILES string of the molecule is CCOC(=O)/C=C\C(=O)OCC.CCOC(=O)CC(NC1CCC(CC2CCC(NC(CC(=O)OCC)C(=O)OCC)C(C)C2)CC1C)C(=O)OCC.NC1CCC(CC2CCC(N)CC2)CC1. The lowest BCUT2D eigenvalue weighted by Gasteiger charge is -2.40. The van der Waals surface area contributed by atoms with E-state index in [0.717, 1.165) is 62.5 Å². The molecule has 16 heteroatoms. The third kappa shape index (κ3) is 24.8. The number of ether oxygens (including phenoxy) is 6. The lowest BCUT2D eigenvalue weighted by molar-refractivity contribution is -0.152. The van der Waals surface area contributed by atoms with Crippen LogP contribution < -0.4 is 22.1 Å². The molecule has 0 amide bonds. The first kappa shape index (κ1) is 60.5. The fraction of sp³-hybridized carbons (Fsp3) is 0.846. The highest BCUT2D eigenvalue weighted by molar-refractivity contribution is 5.91. The van der Waals surface area contributed by atoms with E-state index in [1.54, 1.807) is 41.5 Å². The van der Waals surface area contributed by atoms with Crippen molar-refractivity contribution in [3.05, 3.63) is 12.2 Å². The van der Waals surface area contributed by atoms with Gasteiger partial charge in [-0.15, -0.1) is 0 Å². The maximum Gasteiger partial charge on any atom is 0.330 e. The average Bonchev–Trinajstić information content (AvgIpc) is 3.29. The lowest BCUT2D eigenvalue weighted by atomic mass is 9.70. The summed E-state index contributed by atoms with van der Waals surface area (Å²) in [7, 11) is 0. The van der Waals surface area contributed by atoms with Gasteiger partial charge in [-0.1, -0.05) is 13.8 Å². The summed E-state index contributed by atoms with van der Waals surface area (Å²) in [5.41, 5.74) is 11.9. The fourth-order valence-electron chi connectivity index (χ4n) is 10.4. The molecule has 0 saturated heterocycles. The molecule has 6 N–H and O–H groups in total. The highest BCUT2D eigenvalue weighted by atomic mass is 16.6. The Morgan fingerprint density at radius 2 is 0.765 bits per heavy atom. The third-order valence-corrected chi connectivity index (χ3v) is 13.9. The Morgan fingerprint density at radius 1 is 0.456 bits per heavy atom. The summed E-state index contributed by atoms with van der Waals surface area (Å²) < 4.78 is 29.6. The number of hydrogen-bond donors (Lipinski definition) is 4. The van der Waals surface area contributed by atoms with Crippen molar-refractivity contribution >= 4 is 35.8 Å². The smallest absolute Gasteiger partial charge is 0.330 e. The van der Waals surface area contributed by atoms with E-state index < -0.39 is 47.9 Å². The van der Waals surface area contributed by atoms with Crippen LogP contribution in [0.15, 0.2) is 12.2 Å². The zero-order valence-electron chi connectivity index (χ0n) is 43.1. The van der Waals surface area contributed by atoms with Gasteiger partial charge in [-0.3, -0.25) is 19.2 Å². The van der Waals surface area contributed by atoms with Crippen LogP contribution in [0.1, 0.15) is 171 Å². The van der Waals surface area contributed by atoms with Crippen molar-refractivity contribution in [1.82, 2.24) is 10.6 Å². The van der Waals surface area contributed by atoms with Crippen molar-refractivity contribution in [2.24, 2.45) is 47.0 Å². The van der Waals surface area contributed by atoms with Crippen LogP contribution in [0.4, 0.5) is 0 Å². The van der Waals surface area contributed by atoms with Crippen LogP contribution in [-0.2, 0) is 57.2 Å². The molecule has 4 fully saturated rings. The van der Waals surface area contributed by atoms with E-state index in [2.05, 4.69) is 34.0 Å². The molecule has 0 aromatic heterocycles. The summed E-state index contributed by atoms with van der Waals surface area (Å²) in [5.74, 6) is 1.26. The van der Waals surface area contributed by atoms with Crippen LogP contribution in [0, 0.1) is 35.5 Å². The van der Waals surface area contributed by atoms with Crippen molar-refractivity contribution in [2.45, 2.75) is 207 Å². The van der Waals surface area contributed by atoms with Crippen LogP contribution in [0.5, 0.6) is 0 Å². The minimum absolute atomic E-state index is 0.0225. The molecular weight excluding hydrogens is 873 g/mol. The third-order valence-electron chi connectivity index (χ3n) is 13.9. The van der Waals surface area contributed by atoms with Gasteiger partial charge in [0.15, 0.2) is 0 Å². The highest BCUT2D eigenvalue weighted by Gasteiger charge is 2.37. The molecule has 4 aliphatic rings. The maximum atomic E-state index is 12.5. The Kier molecular flexibility index (Phi) is 30.8. The van der Waals surface area contributed by atoms with Gasteiger partial charge in [0.1, 0.15) is 12.1 Å². The number of rotatable bonds is 22. The molecule has 4 rings (SSSR count). The number of carbonyl (C=O) groups is 6. The molecule has 0 spiro atoms. The van der Waals surface area contributed by atoms with Crippen molar-refractivity contribution in [3.63, 3.8) is 0 Å². The van der Waals surface area contributed by atoms with Gasteiger partial charge in [-0.2, -0.15) is 0 Å². The summed E-state index contributed by atoms with van der Waals surface area (Å²) in [6.07, 6.45) is 21.4. The van der Waals surface area contributed by atoms with Gasteiger partial charge in [-0.25, -0.2) is 9.59 Å². The van der Waals surface area contributed by atoms with E-state index >= 15 is 0 Å². The zero-order chi connectivity index (χ0) is 50.4. The van der Waals surface area contributed by atoms with E-state index in [9.17, 15) is 28.8 Å². The quantitative estimate of drug-likeness (QED) is 0.0485. The molecule has 68 heavy (non-hydrogen) atoms. The van der Waals surface area contributed by atoms with E-state index in [4.69, 9.17) is 30.4 Å². The molecule has 4 aliphatic carbocycles. The summed E-state index contributed by atoms with van der Waals surface area (Å²) in [4.78, 5) is 70.5. The Labute approximate surface area is 408 Å². The summed E-state index contributed by atoms with van der Waals surface area (Å²) in [6, 6.07) is -0.0869. The Bertz CT molecular complexity index is 1390. The number of carbonyl (C=O) groups excluding carboxylic acids is 6. The molecule has 0 heterocycles. The Hall–Kier alpha value is -3.60. The van der Waals surface area contributed by atoms with Crippen molar-refractivity contribution in [1.29, 1.82) is 0 Å². The largest absolute Gasteiger partial charge is 0.466 e. The lowest BCUT2D eigenvalue weighted by Crippen LogP contribution is -2.50. The van der Waals surface area contributed by atoms with Gasteiger partial charge in [0.05, 0.1) is 52.5 Å². The van der Waals surface area contributed by atoms with Gasteiger partial charge in [0.25, 0.3) is 0 Å². The van der Waals surface area contributed by atoms with Crippen molar-refractivity contribution < 1.29 is 57.2 Å². The number of nitrogens with two attached hydrogens (primary N) is 2. The zero-order valence-corrected chi connectivity index (χ0v) is 43.1. The molecule has 8 atom stereocenters. The molecule has 0 aliphatic heterocycles. The van der Waals surface area contributed by atoms with Gasteiger partial charge in [-0.05, 0) is 180 Å². The van der Waals surface area contributed by atoms with Gasteiger partial charge >= 0.3 is 35.8 Å². The fourth-order valence-corrected chi connectivity index (χ4v) is 10.4. The second-order valence-electron chi connectivity index (χ2n) is 19.4. The topological polar surface area (TPSA) is 234 Å². The number of nitrogens with one attached hydrogen (secondary N) is 2. The highest BCUT2D eigenvalue weighted by Crippen LogP contribution is 2.40. The van der Waals surface area contributed by atoms with E-state index in [0.29, 0.717) is 49.0 Å². The summed E-state index contributed by atoms with van der Waals surface area (Å²) in [5, 5.41) is 6.84. The maximum absolute atomic E-state index is 12.5. The summed E-state index contributed by atoms with van der Waals surface area (Å²) in [6.45, 7) is 16.6. The first-order chi connectivity index (χ1) is 32.5. The minimum Gasteiger partial charge on any atom is -0.466 e. The molecule has 4 saturated carbocycles. The molecule has 0 aromatic carbocycles. The predicted octanol–water partition coefficient (Wildman–Crippen LogP) is 7.02. The summed E-state index contributed by atoms with van der Waals surface area (Å²) >= 11 is 0. The van der Waals surface area contributed by atoms with Crippen LogP contribution in [-0.4, -0.2) is 112 Å². The minimum atomic E-state index is -0.691. The molecule has 8 unspecified atom stereocenters. The average molecular weight is 965 g/mol. The predicted molar refractivity (Wildman–Crippen MR) is 262 cm³/mol. The monoisotopic (exact) mass is 965 g/mol. The number of hydrogen-bond acceptors (Lipinski definition) is 16. The molecule has 0 bridgehead atoms. The molecule has 16 nitrogen and oxygen atoms in total. The molecule has 392 valence electrons. The Balaban J connectivity index is 0.000000472. The van der Waals surface area contributed by atoms with Crippen LogP contribution >= 0.6 is 0 Å². The van der Waals surface area contributed by atoms with Gasteiger partial charge < -0.3 is 50.5 Å². The molecule has 0 radical (unpaired) electrons. The van der Waals surface area contributed by atoms with Gasteiger partial charge in [0, 0.05) is 36.3 Å². The van der Waals surface area contributed by atoms with Crippen molar-refractivity contribution in [3.8, 4) is 0 Å².